The van der Waals surface area contributed by atoms with E-state index in [1.807, 2.05) is 13.8 Å². The Balaban J connectivity index is 1.46. The molecule has 0 atom stereocenters. The van der Waals surface area contributed by atoms with Crippen LogP contribution in [0.15, 0.2) is 41.2 Å². The SMILES string of the molecule is CC(C)c1nc(N2CCC(c3ncnc4c(-c5ccc(C(=O)N(C)C)cc5F)cc(F)cc34)CC2)no1. The van der Waals surface area contributed by atoms with Gasteiger partial charge in [0.15, 0.2) is 0 Å². The minimum atomic E-state index is -0.617. The molecule has 192 valence electrons. The number of aromatic nitrogens is 4. The number of amides is 1. The molecule has 0 N–H and O–H groups in total. The van der Waals surface area contributed by atoms with E-state index < -0.39 is 11.6 Å². The number of piperidine rings is 1. The smallest absolute Gasteiger partial charge is 0.266 e. The van der Waals surface area contributed by atoms with Crippen LogP contribution >= 0.6 is 0 Å². The number of halogens is 2. The van der Waals surface area contributed by atoms with Crippen molar-refractivity contribution >= 4 is 22.8 Å². The molecular formula is C27H28F2N6O2. The lowest BCUT2D eigenvalue weighted by Gasteiger charge is -2.31. The summed E-state index contributed by atoms with van der Waals surface area (Å²) in [7, 11) is 3.20. The van der Waals surface area contributed by atoms with Gasteiger partial charge in [0.05, 0.1) is 11.2 Å². The van der Waals surface area contributed by atoms with E-state index in [0.29, 0.717) is 41.4 Å². The quantitative estimate of drug-likeness (QED) is 0.369. The van der Waals surface area contributed by atoms with Crippen LogP contribution in [0.3, 0.4) is 0 Å². The van der Waals surface area contributed by atoms with Gasteiger partial charge >= 0.3 is 0 Å². The first-order chi connectivity index (χ1) is 17.7. The van der Waals surface area contributed by atoms with E-state index >= 15 is 4.39 Å². The highest BCUT2D eigenvalue weighted by atomic mass is 19.1. The molecule has 1 aliphatic rings. The molecule has 5 rings (SSSR count). The largest absolute Gasteiger partial charge is 0.345 e. The van der Waals surface area contributed by atoms with Gasteiger partial charge in [-0.2, -0.15) is 4.98 Å². The predicted octanol–water partition coefficient (Wildman–Crippen LogP) is 5.17. The van der Waals surface area contributed by atoms with E-state index in [0.717, 1.165) is 18.5 Å². The van der Waals surface area contributed by atoms with E-state index in [1.165, 1.54) is 41.6 Å². The van der Waals surface area contributed by atoms with Gasteiger partial charge in [-0.1, -0.05) is 19.9 Å². The Kier molecular flexibility index (Phi) is 6.57. The lowest BCUT2D eigenvalue weighted by atomic mass is 9.89. The summed E-state index contributed by atoms with van der Waals surface area (Å²) in [5.41, 5.74) is 1.93. The van der Waals surface area contributed by atoms with Crippen LogP contribution in [-0.4, -0.2) is 58.1 Å². The maximum Gasteiger partial charge on any atom is 0.266 e. The first-order valence-electron chi connectivity index (χ1n) is 12.3. The van der Waals surface area contributed by atoms with Gasteiger partial charge < -0.3 is 14.3 Å². The third kappa shape index (κ3) is 4.75. The molecule has 0 spiro atoms. The zero-order chi connectivity index (χ0) is 26.3. The molecule has 0 aliphatic carbocycles. The van der Waals surface area contributed by atoms with Crippen LogP contribution in [-0.2, 0) is 0 Å². The molecule has 10 heteroatoms. The van der Waals surface area contributed by atoms with Crippen LogP contribution in [0.5, 0.6) is 0 Å². The monoisotopic (exact) mass is 506 g/mol. The van der Waals surface area contributed by atoms with Gasteiger partial charge in [0.25, 0.3) is 11.9 Å². The van der Waals surface area contributed by atoms with Crippen molar-refractivity contribution in [1.29, 1.82) is 0 Å². The second-order valence-corrected chi connectivity index (χ2v) is 9.85. The number of fused-ring (bicyclic) bond motifs is 1. The van der Waals surface area contributed by atoms with Crippen molar-refractivity contribution in [3.63, 3.8) is 0 Å². The van der Waals surface area contributed by atoms with Gasteiger partial charge in [-0.3, -0.25) is 4.79 Å². The minimum Gasteiger partial charge on any atom is -0.345 e. The fourth-order valence-corrected chi connectivity index (χ4v) is 4.75. The number of hydrogen-bond donors (Lipinski definition) is 0. The first-order valence-corrected chi connectivity index (χ1v) is 12.3. The molecule has 0 saturated carbocycles. The Hall–Kier alpha value is -3.95. The van der Waals surface area contributed by atoms with E-state index in [1.54, 1.807) is 14.1 Å². The average molecular weight is 507 g/mol. The number of carbonyl (C=O) groups excluding carboxylic acids is 1. The summed E-state index contributed by atoms with van der Waals surface area (Å²) < 4.78 is 35.4. The van der Waals surface area contributed by atoms with E-state index in [9.17, 15) is 9.18 Å². The van der Waals surface area contributed by atoms with Gasteiger partial charge in [-0.15, -0.1) is 0 Å². The summed E-state index contributed by atoms with van der Waals surface area (Å²) in [6, 6.07) is 6.90. The molecule has 1 saturated heterocycles. The Morgan fingerprint density at radius 2 is 1.84 bits per heavy atom. The molecule has 2 aromatic carbocycles. The van der Waals surface area contributed by atoms with Crippen LogP contribution in [0, 0.1) is 11.6 Å². The lowest BCUT2D eigenvalue weighted by molar-refractivity contribution is 0.0827. The second kappa shape index (κ2) is 9.84. The first kappa shape index (κ1) is 24.7. The van der Waals surface area contributed by atoms with Crippen molar-refractivity contribution in [2.75, 3.05) is 32.1 Å². The van der Waals surface area contributed by atoms with Crippen molar-refractivity contribution in [2.45, 2.75) is 38.5 Å². The van der Waals surface area contributed by atoms with E-state index in [-0.39, 0.29) is 28.9 Å². The molecule has 1 aliphatic heterocycles. The summed E-state index contributed by atoms with van der Waals surface area (Å²) in [5, 5.41) is 4.67. The van der Waals surface area contributed by atoms with Crippen molar-refractivity contribution < 1.29 is 18.1 Å². The van der Waals surface area contributed by atoms with Crippen LogP contribution in [0.25, 0.3) is 22.0 Å². The fraction of sp³-hybridized carbons (Fsp3) is 0.370. The highest BCUT2D eigenvalue weighted by Crippen LogP contribution is 2.37. The van der Waals surface area contributed by atoms with E-state index in [2.05, 4.69) is 25.0 Å². The summed E-state index contributed by atoms with van der Waals surface area (Å²) in [5.74, 6) is -0.0249. The topological polar surface area (TPSA) is 88.3 Å². The number of rotatable bonds is 5. The Labute approximate surface area is 213 Å². The number of anilines is 1. The molecule has 0 bridgehead atoms. The van der Waals surface area contributed by atoms with Crippen molar-refractivity contribution in [3.8, 4) is 11.1 Å². The van der Waals surface area contributed by atoms with Crippen LogP contribution in [0.4, 0.5) is 14.7 Å². The molecule has 37 heavy (non-hydrogen) atoms. The third-order valence-electron chi connectivity index (χ3n) is 6.74. The van der Waals surface area contributed by atoms with Crippen molar-refractivity contribution in [2.24, 2.45) is 0 Å². The molecule has 0 unspecified atom stereocenters. The van der Waals surface area contributed by atoms with Crippen LogP contribution in [0.2, 0.25) is 0 Å². The van der Waals surface area contributed by atoms with E-state index in [4.69, 9.17) is 4.52 Å². The highest BCUT2D eigenvalue weighted by Gasteiger charge is 2.27. The molecule has 2 aromatic heterocycles. The third-order valence-corrected chi connectivity index (χ3v) is 6.74. The zero-order valence-electron chi connectivity index (χ0n) is 21.2. The maximum atomic E-state index is 15.2. The second-order valence-electron chi connectivity index (χ2n) is 9.85. The zero-order valence-corrected chi connectivity index (χ0v) is 21.2. The van der Waals surface area contributed by atoms with Gasteiger partial charge in [0.1, 0.15) is 18.0 Å². The Morgan fingerprint density at radius 3 is 2.49 bits per heavy atom. The fourth-order valence-electron chi connectivity index (χ4n) is 4.75. The maximum absolute atomic E-state index is 15.2. The normalized spacial score (nSPS) is 14.5. The number of nitrogens with zero attached hydrogens (tertiary/aromatic N) is 6. The van der Waals surface area contributed by atoms with Crippen LogP contribution < -0.4 is 4.90 Å². The number of carbonyl (C=O) groups is 1. The van der Waals surface area contributed by atoms with Crippen molar-refractivity contribution in [3.05, 3.63) is 65.4 Å². The molecule has 4 aromatic rings. The molecule has 3 heterocycles. The van der Waals surface area contributed by atoms with Gasteiger partial charge in [-0.25, -0.2) is 18.7 Å². The average Bonchev–Trinajstić information content (AvgIpc) is 3.38. The number of hydrogen-bond acceptors (Lipinski definition) is 7. The molecule has 1 amide bonds. The highest BCUT2D eigenvalue weighted by molar-refractivity contribution is 5.97. The lowest BCUT2D eigenvalue weighted by Crippen LogP contribution is -2.34. The standard InChI is InChI=1S/C27H28F2N6O2/c1-15(2)25-32-27(33-37-25)35-9-7-16(8-10-35)23-21-13-18(28)12-20(24(21)31-14-30-23)19-6-5-17(11-22(19)29)26(36)34(3)4/h5-6,11-16H,7-10H2,1-4H3. The van der Waals surface area contributed by atoms with Gasteiger partial charge in [-0.05, 0) is 42.3 Å². The predicted molar refractivity (Wildman–Crippen MR) is 135 cm³/mol. The molecule has 1 fully saturated rings. The molecule has 8 nitrogen and oxygen atoms in total. The van der Waals surface area contributed by atoms with Crippen LogP contribution in [0.1, 0.15) is 60.5 Å². The summed E-state index contributed by atoms with van der Waals surface area (Å²) in [4.78, 5) is 29.1. The molecule has 0 radical (unpaired) electrons. The van der Waals surface area contributed by atoms with Gasteiger partial charge in [0, 0.05) is 61.1 Å². The number of benzene rings is 2. The summed E-state index contributed by atoms with van der Waals surface area (Å²) >= 11 is 0. The van der Waals surface area contributed by atoms with Gasteiger partial charge in [0.2, 0.25) is 5.89 Å². The summed E-state index contributed by atoms with van der Waals surface area (Å²) in [6.45, 7) is 5.40. The minimum absolute atomic E-state index is 0.0674. The molecular weight excluding hydrogens is 478 g/mol. The van der Waals surface area contributed by atoms with Crippen molar-refractivity contribution in [1.82, 2.24) is 25.0 Å². The Morgan fingerprint density at radius 1 is 1.08 bits per heavy atom. The Bertz CT molecular complexity index is 1460. The summed E-state index contributed by atoms with van der Waals surface area (Å²) in [6.07, 6.45) is 2.97.